The van der Waals surface area contributed by atoms with E-state index in [2.05, 4.69) is 20.3 Å². The standard InChI is InChI=1S/C14H11ClF3N5/c1-2-23-7-19-10-11(21-13(15)22-12(10)23)20-9-5-3-4-8(6-9)14(16,17)18/h3-7H,2H2,1H3,(H,20,21,22). The number of imidazole rings is 1. The fourth-order valence-corrected chi connectivity index (χ4v) is 2.31. The maximum absolute atomic E-state index is 12.8. The first-order valence-corrected chi connectivity index (χ1v) is 7.09. The first kappa shape index (κ1) is 15.5. The number of fused-ring (bicyclic) bond motifs is 1. The highest BCUT2D eigenvalue weighted by Crippen LogP contribution is 2.32. The van der Waals surface area contributed by atoms with Gasteiger partial charge in [0.1, 0.15) is 0 Å². The second kappa shape index (κ2) is 5.69. The smallest absolute Gasteiger partial charge is 0.338 e. The summed E-state index contributed by atoms with van der Waals surface area (Å²) in [4.78, 5) is 12.3. The molecule has 0 aliphatic heterocycles. The largest absolute Gasteiger partial charge is 0.416 e. The van der Waals surface area contributed by atoms with Crippen LogP contribution in [0.15, 0.2) is 30.6 Å². The molecule has 2 aromatic heterocycles. The number of aryl methyl sites for hydroxylation is 1. The molecule has 1 N–H and O–H groups in total. The molecule has 3 rings (SSSR count). The fourth-order valence-electron chi connectivity index (χ4n) is 2.15. The number of rotatable bonds is 3. The zero-order valence-corrected chi connectivity index (χ0v) is 12.7. The molecule has 0 amide bonds. The molecule has 0 atom stereocenters. The summed E-state index contributed by atoms with van der Waals surface area (Å²) in [5.74, 6) is 0.256. The summed E-state index contributed by atoms with van der Waals surface area (Å²) in [6.07, 6.45) is -2.84. The molecule has 0 spiro atoms. The van der Waals surface area contributed by atoms with E-state index in [1.165, 1.54) is 12.1 Å². The SMILES string of the molecule is CCn1cnc2c(Nc3cccc(C(F)(F)F)c3)nc(Cl)nc21. The summed E-state index contributed by atoms with van der Waals surface area (Å²) >= 11 is 5.90. The molecule has 0 unspecified atom stereocenters. The summed E-state index contributed by atoms with van der Waals surface area (Å²) in [7, 11) is 0. The highest BCUT2D eigenvalue weighted by molar-refractivity contribution is 6.28. The van der Waals surface area contributed by atoms with Crippen molar-refractivity contribution in [2.24, 2.45) is 0 Å². The Hall–Kier alpha value is -2.35. The molecule has 9 heteroatoms. The molecule has 23 heavy (non-hydrogen) atoms. The summed E-state index contributed by atoms with van der Waals surface area (Å²) in [6.45, 7) is 2.55. The molecular weight excluding hydrogens is 331 g/mol. The van der Waals surface area contributed by atoms with Crippen LogP contribution in [-0.4, -0.2) is 19.5 Å². The van der Waals surface area contributed by atoms with Crippen LogP contribution in [0, 0.1) is 0 Å². The molecule has 1 aromatic carbocycles. The van der Waals surface area contributed by atoms with Crippen molar-refractivity contribution in [3.63, 3.8) is 0 Å². The van der Waals surface area contributed by atoms with Gasteiger partial charge in [0.15, 0.2) is 17.0 Å². The number of nitrogens with zero attached hydrogens (tertiary/aromatic N) is 4. The van der Waals surface area contributed by atoms with Gasteiger partial charge < -0.3 is 9.88 Å². The summed E-state index contributed by atoms with van der Waals surface area (Å²) in [6, 6.07) is 4.82. The number of halogens is 4. The number of alkyl halides is 3. The molecule has 0 aliphatic carbocycles. The van der Waals surface area contributed by atoms with Gasteiger partial charge in [0.05, 0.1) is 11.9 Å². The van der Waals surface area contributed by atoms with Gasteiger partial charge in [-0.1, -0.05) is 6.07 Å². The van der Waals surface area contributed by atoms with Gasteiger partial charge in [0, 0.05) is 12.2 Å². The van der Waals surface area contributed by atoms with Crippen molar-refractivity contribution in [2.75, 3.05) is 5.32 Å². The summed E-state index contributed by atoms with van der Waals surface area (Å²) in [5, 5.41) is 2.81. The summed E-state index contributed by atoms with van der Waals surface area (Å²) < 4.78 is 40.1. The van der Waals surface area contributed by atoms with Crippen LogP contribution in [0.4, 0.5) is 24.7 Å². The van der Waals surface area contributed by atoms with E-state index < -0.39 is 11.7 Å². The topological polar surface area (TPSA) is 55.6 Å². The number of hydrogen-bond acceptors (Lipinski definition) is 4. The lowest BCUT2D eigenvalue weighted by molar-refractivity contribution is -0.137. The number of hydrogen-bond donors (Lipinski definition) is 1. The van der Waals surface area contributed by atoms with E-state index in [0.29, 0.717) is 17.7 Å². The molecule has 3 aromatic rings. The monoisotopic (exact) mass is 341 g/mol. The summed E-state index contributed by atoms with van der Waals surface area (Å²) in [5.41, 5.74) is 0.440. The first-order valence-electron chi connectivity index (χ1n) is 6.71. The van der Waals surface area contributed by atoms with Gasteiger partial charge in [0.25, 0.3) is 0 Å². The molecule has 0 bridgehead atoms. The Kier molecular flexibility index (Phi) is 3.85. The van der Waals surface area contributed by atoms with Gasteiger partial charge in [-0.2, -0.15) is 23.1 Å². The van der Waals surface area contributed by atoms with E-state index in [9.17, 15) is 13.2 Å². The van der Waals surface area contributed by atoms with E-state index in [1.54, 1.807) is 10.9 Å². The Morgan fingerprint density at radius 1 is 1.26 bits per heavy atom. The number of aromatic nitrogens is 4. The third-order valence-corrected chi connectivity index (χ3v) is 3.40. The lowest BCUT2D eigenvalue weighted by Gasteiger charge is -2.10. The van der Waals surface area contributed by atoms with Crippen molar-refractivity contribution >= 4 is 34.3 Å². The van der Waals surface area contributed by atoms with E-state index >= 15 is 0 Å². The van der Waals surface area contributed by atoms with Crippen molar-refractivity contribution in [1.29, 1.82) is 0 Å². The van der Waals surface area contributed by atoms with Crippen LogP contribution in [0.5, 0.6) is 0 Å². The van der Waals surface area contributed by atoms with Crippen LogP contribution in [0.3, 0.4) is 0 Å². The van der Waals surface area contributed by atoms with Crippen LogP contribution in [-0.2, 0) is 12.7 Å². The Bertz CT molecular complexity index is 859. The van der Waals surface area contributed by atoms with Gasteiger partial charge in [-0.25, -0.2) is 4.98 Å². The molecule has 2 heterocycles. The van der Waals surface area contributed by atoms with Crippen molar-refractivity contribution in [2.45, 2.75) is 19.6 Å². The number of nitrogens with one attached hydrogen (secondary N) is 1. The second-order valence-electron chi connectivity index (χ2n) is 4.75. The minimum absolute atomic E-state index is 0.0119. The van der Waals surface area contributed by atoms with Crippen LogP contribution in [0.1, 0.15) is 12.5 Å². The lowest BCUT2D eigenvalue weighted by Crippen LogP contribution is -2.05. The third-order valence-electron chi connectivity index (χ3n) is 3.23. The van der Waals surface area contributed by atoms with Crippen molar-refractivity contribution in [3.05, 3.63) is 41.4 Å². The van der Waals surface area contributed by atoms with Crippen molar-refractivity contribution in [3.8, 4) is 0 Å². The third kappa shape index (κ3) is 3.07. The predicted octanol–water partition coefficient (Wildman–Crippen LogP) is 4.26. The van der Waals surface area contributed by atoms with Crippen LogP contribution in [0.25, 0.3) is 11.2 Å². The molecule has 120 valence electrons. The number of anilines is 2. The first-order chi connectivity index (χ1) is 10.9. The zero-order chi connectivity index (χ0) is 16.6. The van der Waals surface area contributed by atoms with E-state index in [0.717, 1.165) is 12.1 Å². The molecule has 0 radical (unpaired) electrons. The molecule has 0 saturated heterocycles. The predicted molar refractivity (Wildman–Crippen MR) is 80.7 cm³/mol. The normalized spacial score (nSPS) is 11.9. The maximum Gasteiger partial charge on any atom is 0.416 e. The van der Waals surface area contributed by atoms with Gasteiger partial charge in [-0.05, 0) is 36.7 Å². The number of benzene rings is 1. The highest BCUT2D eigenvalue weighted by Gasteiger charge is 2.30. The average molecular weight is 342 g/mol. The van der Waals surface area contributed by atoms with E-state index in [4.69, 9.17) is 11.6 Å². The maximum atomic E-state index is 12.8. The van der Waals surface area contributed by atoms with Crippen LogP contribution < -0.4 is 5.32 Å². The minimum atomic E-state index is -4.42. The molecule has 5 nitrogen and oxygen atoms in total. The molecule has 0 fully saturated rings. The quantitative estimate of drug-likeness (QED) is 0.723. The van der Waals surface area contributed by atoms with Crippen LogP contribution in [0.2, 0.25) is 5.28 Å². The van der Waals surface area contributed by atoms with E-state index in [1.807, 2.05) is 6.92 Å². The van der Waals surface area contributed by atoms with Gasteiger partial charge in [0.2, 0.25) is 5.28 Å². The van der Waals surface area contributed by atoms with Crippen molar-refractivity contribution < 1.29 is 13.2 Å². The molecule has 0 aliphatic rings. The fraction of sp³-hybridized carbons (Fsp3) is 0.214. The Labute approximate surface area is 134 Å². The average Bonchev–Trinajstić information content (AvgIpc) is 2.89. The zero-order valence-electron chi connectivity index (χ0n) is 11.9. The Morgan fingerprint density at radius 2 is 2.04 bits per heavy atom. The highest BCUT2D eigenvalue weighted by atomic mass is 35.5. The second-order valence-corrected chi connectivity index (χ2v) is 5.09. The van der Waals surface area contributed by atoms with Gasteiger partial charge in [-0.3, -0.25) is 0 Å². The Morgan fingerprint density at radius 3 is 2.74 bits per heavy atom. The van der Waals surface area contributed by atoms with Crippen LogP contribution >= 0.6 is 11.6 Å². The minimum Gasteiger partial charge on any atom is -0.338 e. The molecule has 0 saturated carbocycles. The van der Waals surface area contributed by atoms with Gasteiger partial charge in [-0.15, -0.1) is 0 Å². The van der Waals surface area contributed by atoms with Crippen molar-refractivity contribution in [1.82, 2.24) is 19.5 Å². The Balaban J connectivity index is 2.04. The van der Waals surface area contributed by atoms with E-state index in [-0.39, 0.29) is 16.8 Å². The molecular formula is C14H11ClF3N5. The lowest BCUT2D eigenvalue weighted by atomic mass is 10.2. The van der Waals surface area contributed by atoms with Gasteiger partial charge >= 0.3 is 6.18 Å².